The second kappa shape index (κ2) is 11.9. The number of halogens is 2. The lowest BCUT2D eigenvalue weighted by Crippen LogP contribution is -2.40. The first-order valence-corrected chi connectivity index (χ1v) is 7.70. The Kier molecular flexibility index (Phi) is 11.1. The molecule has 3 N–H and O–H groups in total. The van der Waals surface area contributed by atoms with Gasteiger partial charge < -0.3 is 15.7 Å². The molecule has 8 nitrogen and oxygen atoms in total. The summed E-state index contributed by atoms with van der Waals surface area (Å²) in [5.74, 6) is 0.179. The summed E-state index contributed by atoms with van der Waals surface area (Å²) in [7, 11) is 0. The van der Waals surface area contributed by atoms with E-state index < -0.39 is 4.92 Å². The fourth-order valence-corrected chi connectivity index (χ4v) is 2.49. The highest BCUT2D eigenvalue weighted by Gasteiger charge is 2.18. The summed E-state index contributed by atoms with van der Waals surface area (Å²) >= 11 is 0. The molecule has 0 spiro atoms. The van der Waals surface area contributed by atoms with Gasteiger partial charge in [-0.15, -0.1) is 24.8 Å². The number of hydrogen-bond acceptors (Lipinski definition) is 6. The van der Waals surface area contributed by atoms with E-state index in [4.69, 9.17) is 10.6 Å². The first-order chi connectivity index (χ1) is 11.1. The van der Waals surface area contributed by atoms with Gasteiger partial charge in [-0.1, -0.05) is 5.16 Å². The number of amidine groups is 1. The Hall–Kier alpha value is -1.61. The van der Waals surface area contributed by atoms with Crippen LogP contribution in [-0.4, -0.2) is 46.7 Å². The molecule has 1 aliphatic rings. The first-order valence-electron chi connectivity index (χ1n) is 7.70. The van der Waals surface area contributed by atoms with Gasteiger partial charge in [0, 0.05) is 30.8 Å². The van der Waals surface area contributed by atoms with Crippen molar-refractivity contribution < 1.29 is 14.9 Å². The molecule has 142 valence electrons. The van der Waals surface area contributed by atoms with Crippen molar-refractivity contribution in [1.82, 2.24) is 4.90 Å². The normalized spacial score (nSPS) is 18.0. The average Bonchev–Trinajstić information content (AvgIpc) is 2.56. The van der Waals surface area contributed by atoms with Crippen molar-refractivity contribution in [3.05, 3.63) is 39.9 Å². The van der Waals surface area contributed by atoms with Crippen LogP contribution in [-0.2, 0) is 4.84 Å². The van der Waals surface area contributed by atoms with Gasteiger partial charge in [-0.3, -0.25) is 15.0 Å². The van der Waals surface area contributed by atoms with Crippen molar-refractivity contribution in [2.75, 3.05) is 19.7 Å². The van der Waals surface area contributed by atoms with Crippen molar-refractivity contribution in [1.29, 1.82) is 0 Å². The van der Waals surface area contributed by atoms with Gasteiger partial charge in [-0.2, -0.15) is 0 Å². The quantitative estimate of drug-likeness (QED) is 0.241. The number of non-ortho nitro benzene ring substituents is 1. The molecule has 1 aliphatic heterocycles. The maximum absolute atomic E-state index is 10.6. The molecular formula is C15H24Cl2N4O4. The van der Waals surface area contributed by atoms with Gasteiger partial charge in [-0.25, -0.2) is 0 Å². The van der Waals surface area contributed by atoms with Crippen molar-refractivity contribution in [2.24, 2.45) is 10.9 Å². The lowest BCUT2D eigenvalue weighted by Gasteiger charge is -2.31. The zero-order valence-electron chi connectivity index (χ0n) is 13.7. The van der Waals surface area contributed by atoms with E-state index in [9.17, 15) is 15.2 Å². The highest BCUT2D eigenvalue weighted by atomic mass is 35.5. The number of nitro benzene ring substituents is 1. The minimum Gasteiger partial charge on any atom is -0.394 e. The van der Waals surface area contributed by atoms with Crippen molar-refractivity contribution >= 4 is 36.3 Å². The van der Waals surface area contributed by atoms with Gasteiger partial charge in [-0.05, 0) is 37.8 Å². The summed E-state index contributed by atoms with van der Waals surface area (Å²) < 4.78 is 0. The van der Waals surface area contributed by atoms with Crippen LogP contribution < -0.4 is 5.73 Å². The highest BCUT2D eigenvalue weighted by Crippen LogP contribution is 2.15. The molecule has 0 aliphatic carbocycles. The molecule has 0 amide bonds. The minimum absolute atomic E-state index is 0. The lowest BCUT2D eigenvalue weighted by atomic mass is 10.1. The number of aliphatic hydroxyl groups excluding tert-OH is 1. The number of nitro groups is 1. The fourth-order valence-electron chi connectivity index (χ4n) is 2.49. The topological polar surface area (TPSA) is 114 Å². The third kappa shape index (κ3) is 7.43. The summed E-state index contributed by atoms with van der Waals surface area (Å²) in [6.45, 7) is 2.07. The van der Waals surface area contributed by atoms with Crippen LogP contribution in [0.2, 0.25) is 0 Å². The summed E-state index contributed by atoms with van der Waals surface area (Å²) in [5, 5.41) is 24.2. The first kappa shape index (κ1) is 23.4. The van der Waals surface area contributed by atoms with E-state index in [1.807, 2.05) is 4.90 Å². The summed E-state index contributed by atoms with van der Waals surface area (Å²) in [5.41, 5.74) is 6.35. The fraction of sp³-hybridized carbons (Fsp3) is 0.533. The minimum atomic E-state index is -0.470. The van der Waals surface area contributed by atoms with Gasteiger partial charge in [0.15, 0.2) is 5.84 Å². The lowest BCUT2D eigenvalue weighted by molar-refractivity contribution is -0.384. The van der Waals surface area contributed by atoms with Crippen molar-refractivity contribution in [3.63, 3.8) is 0 Å². The van der Waals surface area contributed by atoms with E-state index in [2.05, 4.69) is 5.16 Å². The molecule has 1 heterocycles. The Morgan fingerprint density at radius 1 is 1.36 bits per heavy atom. The number of benzene rings is 1. The average molecular weight is 395 g/mol. The molecule has 0 aromatic heterocycles. The molecule has 0 radical (unpaired) electrons. The van der Waals surface area contributed by atoms with E-state index in [1.54, 1.807) is 0 Å². The summed E-state index contributed by atoms with van der Waals surface area (Å²) in [6, 6.07) is 5.81. The van der Waals surface area contributed by atoms with Gasteiger partial charge >= 0.3 is 0 Å². The van der Waals surface area contributed by atoms with Crippen LogP contribution in [0.15, 0.2) is 29.4 Å². The molecule has 1 unspecified atom stereocenters. The van der Waals surface area contributed by atoms with E-state index in [0.717, 1.165) is 38.8 Å². The Labute approximate surface area is 159 Å². The third-order valence-electron chi connectivity index (χ3n) is 3.80. The van der Waals surface area contributed by atoms with Crippen LogP contribution in [0.5, 0.6) is 0 Å². The molecule has 0 saturated carbocycles. The van der Waals surface area contributed by atoms with Crippen LogP contribution in [0.3, 0.4) is 0 Å². The molecule has 2 rings (SSSR count). The SMILES string of the molecule is Cl.Cl.NC(=NOCCCN1CCCCC1O)c1ccc([N+](=O)[O-])cc1. The monoisotopic (exact) mass is 394 g/mol. The predicted molar refractivity (Wildman–Crippen MR) is 100 cm³/mol. The Bertz CT molecular complexity index is 557. The number of nitrogens with two attached hydrogens (primary N) is 1. The largest absolute Gasteiger partial charge is 0.394 e. The van der Waals surface area contributed by atoms with E-state index in [1.165, 1.54) is 24.3 Å². The van der Waals surface area contributed by atoms with Gasteiger partial charge in [0.2, 0.25) is 0 Å². The zero-order chi connectivity index (χ0) is 16.7. The molecule has 10 heteroatoms. The van der Waals surface area contributed by atoms with Gasteiger partial charge in [0.25, 0.3) is 5.69 Å². The molecule has 25 heavy (non-hydrogen) atoms. The molecular weight excluding hydrogens is 371 g/mol. The Balaban J connectivity index is 0.00000288. The zero-order valence-corrected chi connectivity index (χ0v) is 15.4. The van der Waals surface area contributed by atoms with Gasteiger partial charge in [0.05, 0.1) is 4.92 Å². The van der Waals surface area contributed by atoms with E-state index in [-0.39, 0.29) is 42.6 Å². The van der Waals surface area contributed by atoms with Crippen molar-refractivity contribution in [3.8, 4) is 0 Å². The third-order valence-corrected chi connectivity index (χ3v) is 3.80. The van der Waals surface area contributed by atoms with Crippen molar-refractivity contribution in [2.45, 2.75) is 31.9 Å². The maximum Gasteiger partial charge on any atom is 0.269 e. The number of piperidine rings is 1. The molecule has 1 aromatic carbocycles. The number of nitrogens with zero attached hydrogens (tertiary/aromatic N) is 3. The number of likely N-dealkylation sites (tertiary alicyclic amines) is 1. The highest BCUT2D eigenvalue weighted by molar-refractivity contribution is 5.97. The molecule has 1 aromatic rings. The molecule has 0 bridgehead atoms. The second-order valence-electron chi connectivity index (χ2n) is 5.48. The van der Waals surface area contributed by atoms with Crippen LogP contribution in [0.1, 0.15) is 31.2 Å². The smallest absolute Gasteiger partial charge is 0.269 e. The maximum atomic E-state index is 10.6. The van der Waals surface area contributed by atoms with Crippen LogP contribution >= 0.6 is 24.8 Å². The van der Waals surface area contributed by atoms with Crippen LogP contribution in [0.4, 0.5) is 5.69 Å². The van der Waals surface area contributed by atoms with E-state index >= 15 is 0 Å². The predicted octanol–water partition coefficient (Wildman–Crippen LogP) is 2.27. The number of hydrogen-bond donors (Lipinski definition) is 2. The molecule has 1 fully saturated rings. The number of aliphatic hydroxyl groups is 1. The second-order valence-corrected chi connectivity index (χ2v) is 5.48. The number of oxime groups is 1. The molecule has 1 atom stereocenters. The summed E-state index contributed by atoms with van der Waals surface area (Å²) in [4.78, 5) is 17.3. The standard InChI is InChI=1S/C15H22N4O4.2ClH/c16-15(12-5-7-13(8-6-12)19(21)22)17-23-11-3-10-18-9-2-1-4-14(18)20;;/h5-8,14,20H,1-4,9-11H2,(H2,16,17);2*1H. The number of rotatable bonds is 7. The summed E-state index contributed by atoms with van der Waals surface area (Å²) in [6.07, 6.45) is 3.41. The van der Waals surface area contributed by atoms with Crippen LogP contribution in [0.25, 0.3) is 0 Å². The van der Waals surface area contributed by atoms with E-state index in [0.29, 0.717) is 12.2 Å². The Morgan fingerprint density at radius 2 is 2.04 bits per heavy atom. The van der Waals surface area contributed by atoms with Crippen LogP contribution in [0, 0.1) is 10.1 Å². The van der Waals surface area contributed by atoms with Gasteiger partial charge in [0.1, 0.15) is 12.8 Å². The Morgan fingerprint density at radius 3 is 2.64 bits per heavy atom. The molecule has 1 saturated heterocycles.